The van der Waals surface area contributed by atoms with Crippen LogP contribution in [-0.2, 0) is 0 Å². The van der Waals surface area contributed by atoms with Gasteiger partial charge in [-0.1, -0.05) is 43.7 Å². The lowest BCUT2D eigenvalue weighted by atomic mass is 10.0. The van der Waals surface area contributed by atoms with Crippen LogP contribution in [0.1, 0.15) is 41.3 Å². The Bertz CT molecular complexity index is 1430. The van der Waals surface area contributed by atoms with Gasteiger partial charge in [-0.3, -0.25) is 4.79 Å². The molecule has 0 aliphatic heterocycles. The Morgan fingerprint density at radius 2 is 1.86 bits per heavy atom. The normalized spacial score (nSPS) is 11.0. The molecule has 1 amide bonds. The van der Waals surface area contributed by atoms with Crippen molar-refractivity contribution in [2.45, 2.75) is 26.7 Å². The highest BCUT2D eigenvalue weighted by Gasteiger charge is 2.15. The number of ether oxygens (including phenoxy) is 3. The molecule has 0 saturated carbocycles. The molecule has 1 heterocycles. The molecule has 190 valence electrons. The number of hydrogen-bond donors (Lipinski definition) is 1. The number of para-hydroxylation sites is 1. The van der Waals surface area contributed by atoms with Gasteiger partial charge in [-0.05, 0) is 49.7 Å². The molecule has 0 radical (unpaired) electrons. The third-order valence-corrected chi connectivity index (χ3v) is 6.04. The summed E-state index contributed by atoms with van der Waals surface area (Å²) >= 11 is 0. The van der Waals surface area contributed by atoms with Crippen molar-refractivity contribution >= 4 is 23.0 Å². The molecule has 4 aromatic rings. The van der Waals surface area contributed by atoms with Gasteiger partial charge in [0.2, 0.25) is 0 Å². The van der Waals surface area contributed by atoms with Crippen molar-refractivity contribution in [2.24, 2.45) is 5.10 Å². The number of pyridine rings is 1. The van der Waals surface area contributed by atoms with Crippen LogP contribution in [0.3, 0.4) is 0 Å². The number of rotatable bonds is 10. The Balaban J connectivity index is 1.63. The third kappa shape index (κ3) is 5.89. The SMILES string of the molecule is CCCCOc1cccc(-c2cc(C(=O)N/N=C\c3ccc(OC)c(C)c3OC)c3ccccc3n2)c1. The first-order valence-corrected chi connectivity index (χ1v) is 12.2. The number of nitrogens with one attached hydrogen (secondary N) is 1. The molecule has 0 spiro atoms. The van der Waals surface area contributed by atoms with Gasteiger partial charge in [-0.2, -0.15) is 5.10 Å². The minimum atomic E-state index is -0.337. The lowest BCUT2D eigenvalue weighted by Gasteiger charge is -2.12. The number of methoxy groups -OCH3 is 2. The van der Waals surface area contributed by atoms with Crippen LogP contribution in [0.5, 0.6) is 17.2 Å². The second kappa shape index (κ2) is 12.0. The van der Waals surface area contributed by atoms with Crippen LogP contribution in [0.2, 0.25) is 0 Å². The zero-order valence-electron chi connectivity index (χ0n) is 21.6. The topological polar surface area (TPSA) is 82.0 Å². The predicted octanol–water partition coefficient (Wildman–Crippen LogP) is 6.17. The van der Waals surface area contributed by atoms with E-state index in [-0.39, 0.29) is 5.91 Å². The van der Waals surface area contributed by atoms with Crippen molar-refractivity contribution in [3.63, 3.8) is 0 Å². The summed E-state index contributed by atoms with van der Waals surface area (Å²) in [5.74, 6) is 1.79. The maximum absolute atomic E-state index is 13.3. The molecule has 37 heavy (non-hydrogen) atoms. The quantitative estimate of drug-likeness (QED) is 0.161. The number of hydrazone groups is 1. The maximum atomic E-state index is 13.3. The summed E-state index contributed by atoms with van der Waals surface area (Å²) in [4.78, 5) is 18.1. The predicted molar refractivity (Wildman–Crippen MR) is 147 cm³/mol. The van der Waals surface area contributed by atoms with Gasteiger partial charge in [0.15, 0.2) is 0 Å². The Labute approximate surface area is 217 Å². The molecule has 1 aromatic heterocycles. The second-order valence-electron chi connectivity index (χ2n) is 8.52. The molecule has 0 unspecified atom stereocenters. The summed E-state index contributed by atoms with van der Waals surface area (Å²) in [7, 11) is 3.20. The Kier molecular flexibility index (Phi) is 8.36. The lowest BCUT2D eigenvalue weighted by Crippen LogP contribution is -2.18. The number of unbranched alkanes of at least 4 members (excludes halogenated alkanes) is 1. The van der Waals surface area contributed by atoms with E-state index in [1.165, 1.54) is 0 Å². The minimum absolute atomic E-state index is 0.337. The van der Waals surface area contributed by atoms with Crippen LogP contribution in [0.15, 0.2) is 71.8 Å². The van der Waals surface area contributed by atoms with Gasteiger partial charge < -0.3 is 14.2 Å². The smallest absolute Gasteiger partial charge is 0.272 e. The zero-order chi connectivity index (χ0) is 26.2. The van der Waals surface area contributed by atoms with E-state index < -0.39 is 0 Å². The molecule has 0 bridgehead atoms. The van der Waals surface area contributed by atoms with E-state index in [1.807, 2.05) is 67.6 Å². The molecule has 3 aromatic carbocycles. The Morgan fingerprint density at radius 3 is 2.65 bits per heavy atom. The van der Waals surface area contributed by atoms with Gasteiger partial charge in [0, 0.05) is 22.1 Å². The van der Waals surface area contributed by atoms with Crippen molar-refractivity contribution in [3.05, 3.63) is 83.4 Å². The van der Waals surface area contributed by atoms with Gasteiger partial charge >= 0.3 is 0 Å². The highest BCUT2D eigenvalue weighted by Crippen LogP contribution is 2.30. The molecule has 0 saturated heterocycles. The third-order valence-electron chi connectivity index (χ3n) is 6.04. The van der Waals surface area contributed by atoms with E-state index in [0.717, 1.165) is 46.2 Å². The molecule has 0 atom stereocenters. The van der Waals surface area contributed by atoms with Gasteiger partial charge in [-0.15, -0.1) is 0 Å². The summed E-state index contributed by atoms with van der Waals surface area (Å²) < 4.78 is 16.7. The van der Waals surface area contributed by atoms with Crippen molar-refractivity contribution in [3.8, 4) is 28.5 Å². The highest BCUT2D eigenvalue weighted by atomic mass is 16.5. The van der Waals surface area contributed by atoms with Crippen molar-refractivity contribution < 1.29 is 19.0 Å². The summed E-state index contributed by atoms with van der Waals surface area (Å²) in [5.41, 5.74) is 6.98. The number of aromatic nitrogens is 1. The summed E-state index contributed by atoms with van der Waals surface area (Å²) in [5, 5.41) is 4.95. The molecule has 1 N–H and O–H groups in total. The Hall–Kier alpha value is -4.39. The first-order chi connectivity index (χ1) is 18.0. The van der Waals surface area contributed by atoms with Gasteiger partial charge in [0.25, 0.3) is 5.91 Å². The van der Waals surface area contributed by atoms with Crippen LogP contribution in [0.4, 0.5) is 0 Å². The fourth-order valence-corrected chi connectivity index (χ4v) is 4.10. The van der Waals surface area contributed by atoms with Crippen LogP contribution in [0, 0.1) is 6.92 Å². The number of fused-ring (bicyclic) bond motifs is 1. The summed E-state index contributed by atoms with van der Waals surface area (Å²) in [6.07, 6.45) is 3.62. The van der Waals surface area contributed by atoms with Crippen molar-refractivity contribution in [2.75, 3.05) is 20.8 Å². The van der Waals surface area contributed by atoms with Crippen LogP contribution >= 0.6 is 0 Å². The second-order valence-corrected chi connectivity index (χ2v) is 8.52. The first-order valence-electron chi connectivity index (χ1n) is 12.2. The number of carbonyl (C=O) groups excluding carboxylic acids is 1. The van der Waals surface area contributed by atoms with E-state index >= 15 is 0 Å². The Morgan fingerprint density at radius 1 is 1.03 bits per heavy atom. The summed E-state index contributed by atoms with van der Waals surface area (Å²) in [6, 6.07) is 20.8. The monoisotopic (exact) mass is 497 g/mol. The van der Waals surface area contributed by atoms with E-state index in [0.29, 0.717) is 29.4 Å². The average molecular weight is 498 g/mol. The number of benzene rings is 3. The number of nitrogens with zero attached hydrogens (tertiary/aromatic N) is 2. The van der Waals surface area contributed by atoms with E-state index in [1.54, 1.807) is 26.5 Å². The van der Waals surface area contributed by atoms with E-state index in [2.05, 4.69) is 17.5 Å². The van der Waals surface area contributed by atoms with Gasteiger partial charge in [0.1, 0.15) is 17.2 Å². The number of amides is 1. The van der Waals surface area contributed by atoms with Crippen LogP contribution in [0.25, 0.3) is 22.2 Å². The highest BCUT2D eigenvalue weighted by molar-refractivity contribution is 6.07. The van der Waals surface area contributed by atoms with Crippen molar-refractivity contribution in [1.29, 1.82) is 0 Å². The fraction of sp³-hybridized carbons (Fsp3) is 0.233. The molecular formula is C30H31N3O4. The van der Waals surface area contributed by atoms with Crippen LogP contribution in [-0.4, -0.2) is 37.9 Å². The number of hydrogen-bond acceptors (Lipinski definition) is 6. The van der Waals surface area contributed by atoms with Crippen molar-refractivity contribution in [1.82, 2.24) is 10.4 Å². The summed E-state index contributed by atoms with van der Waals surface area (Å²) in [6.45, 7) is 4.70. The maximum Gasteiger partial charge on any atom is 0.272 e. The zero-order valence-corrected chi connectivity index (χ0v) is 21.6. The standard InChI is InChI=1S/C30H31N3O4/c1-5-6-16-37-23-11-9-10-21(17-23)27-18-25(24-12-7-8-13-26(24)32-27)30(34)33-31-19-22-14-15-28(35-3)20(2)29(22)36-4/h7-15,17-19H,5-6,16H2,1-4H3,(H,33,34)/b31-19-. The molecule has 4 rings (SSSR count). The molecular weight excluding hydrogens is 466 g/mol. The first kappa shape index (κ1) is 25.7. The molecule has 7 nitrogen and oxygen atoms in total. The molecule has 0 aliphatic rings. The molecule has 7 heteroatoms. The minimum Gasteiger partial charge on any atom is -0.496 e. The van der Waals surface area contributed by atoms with Gasteiger partial charge in [-0.25, -0.2) is 10.4 Å². The lowest BCUT2D eigenvalue weighted by molar-refractivity contribution is 0.0956. The van der Waals surface area contributed by atoms with E-state index in [4.69, 9.17) is 19.2 Å². The average Bonchev–Trinajstić information content (AvgIpc) is 2.93. The largest absolute Gasteiger partial charge is 0.496 e. The van der Waals surface area contributed by atoms with Crippen LogP contribution < -0.4 is 19.6 Å². The number of carbonyl (C=O) groups is 1. The van der Waals surface area contributed by atoms with E-state index in [9.17, 15) is 4.79 Å². The fourth-order valence-electron chi connectivity index (χ4n) is 4.10. The molecule has 0 aliphatic carbocycles. The van der Waals surface area contributed by atoms with Gasteiger partial charge in [0.05, 0.1) is 43.8 Å². The molecule has 0 fully saturated rings.